The van der Waals surface area contributed by atoms with E-state index in [4.69, 9.17) is 0 Å². The van der Waals surface area contributed by atoms with Gasteiger partial charge in [-0.1, -0.05) is 20.3 Å². The van der Waals surface area contributed by atoms with Gasteiger partial charge >= 0.3 is 0 Å². The molecule has 0 saturated heterocycles. The molecule has 2 N–H and O–H groups in total. The smallest absolute Gasteiger partial charge is 0.269 e. The molecule has 1 unspecified atom stereocenters. The second kappa shape index (κ2) is 7.16. The Hall–Kier alpha value is -1.36. The molecule has 1 aromatic rings. The summed E-state index contributed by atoms with van der Waals surface area (Å²) in [7, 11) is 0. The van der Waals surface area contributed by atoms with Crippen LogP contribution in [0.15, 0.2) is 6.07 Å². The Morgan fingerprint density at radius 3 is 2.78 bits per heavy atom. The average molecular weight is 253 g/mol. The molecule has 5 nitrogen and oxygen atoms in total. The van der Waals surface area contributed by atoms with Crippen LogP contribution in [-0.2, 0) is 13.0 Å². The van der Waals surface area contributed by atoms with Crippen LogP contribution in [0, 0.1) is 0 Å². The number of hydrogen-bond acceptors (Lipinski definition) is 3. The number of nitrogens with zero attached hydrogens (tertiary/aromatic N) is 2. The van der Waals surface area contributed by atoms with Crippen molar-refractivity contribution in [3.05, 3.63) is 17.5 Å². The van der Waals surface area contributed by atoms with Gasteiger partial charge in [-0.05, 0) is 25.8 Å². The van der Waals surface area contributed by atoms with E-state index in [1.807, 2.05) is 26.8 Å². The number of amides is 1. The van der Waals surface area contributed by atoms with Crippen molar-refractivity contribution in [2.75, 3.05) is 6.54 Å². The van der Waals surface area contributed by atoms with Crippen molar-refractivity contribution < 1.29 is 9.90 Å². The van der Waals surface area contributed by atoms with E-state index in [0.29, 0.717) is 25.2 Å². The second-order valence-corrected chi connectivity index (χ2v) is 4.34. The third kappa shape index (κ3) is 3.84. The molecule has 102 valence electrons. The number of rotatable bonds is 7. The number of aliphatic hydroxyl groups is 1. The molecule has 0 fully saturated rings. The van der Waals surface area contributed by atoms with E-state index in [2.05, 4.69) is 10.4 Å². The number of aryl methyl sites for hydroxylation is 2. The van der Waals surface area contributed by atoms with Crippen molar-refractivity contribution in [1.29, 1.82) is 0 Å². The minimum Gasteiger partial charge on any atom is -0.391 e. The lowest BCUT2D eigenvalue weighted by molar-refractivity contribution is 0.0899. The van der Waals surface area contributed by atoms with Crippen molar-refractivity contribution in [2.24, 2.45) is 0 Å². The zero-order valence-corrected chi connectivity index (χ0v) is 11.4. The molecule has 1 amide bonds. The minimum absolute atomic E-state index is 0.167. The first-order valence-corrected chi connectivity index (χ1v) is 6.65. The third-order valence-electron chi connectivity index (χ3n) is 2.85. The molecule has 0 aliphatic heterocycles. The van der Waals surface area contributed by atoms with Crippen molar-refractivity contribution in [2.45, 2.75) is 52.7 Å². The van der Waals surface area contributed by atoms with Gasteiger partial charge in [0.2, 0.25) is 0 Å². The zero-order valence-electron chi connectivity index (χ0n) is 11.4. The van der Waals surface area contributed by atoms with Crippen LogP contribution in [0.5, 0.6) is 0 Å². The highest BCUT2D eigenvalue weighted by Gasteiger charge is 2.14. The van der Waals surface area contributed by atoms with E-state index >= 15 is 0 Å². The fraction of sp³-hybridized carbons (Fsp3) is 0.692. The Morgan fingerprint density at radius 1 is 1.50 bits per heavy atom. The van der Waals surface area contributed by atoms with Gasteiger partial charge in [-0.25, -0.2) is 0 Å². The molecule has 18 heavy (non-hydrogen) atoms. The van der Waals surface area contributed by atoms with Crippen molar-refractivity contribution >= 4 is 5.91 Å². The van der Waals surface area contributed by atoms with Crippen LogP contribution in [0.1, 0.15) is 49.8 Å². The maximum Gasteiger partial charge on any atom is 0.269 e. The van der Waals surface area contributed by atoms with E-state index in [1.165, 1.54) is 0 Å². The maximum atomic E-state index is 12.0. The van der Waals surface area contributed by atoms with E-state index < -0.39 is 6.10 Å². The first kappa shape index (κ1) is 14.7. The van der Waals surface area contributed by atoms with Gasteiger partial charge in [0.25, 0.3) is 5.91 Å². The van der Waals surface area contributed by atoms with E-state index in [-0.39, 0.29) is 5.91 Å². The summed E-state index contributed by atoms with van der Waals surface area (Å²) in [5.74, 6) is -0.167. The number of aromatic nitrogens is 2. The zero-order chi connectivity index (χ0) is 13.5. The number of hydrogen-bond donors (Lipinski definition) is 2. The monoisotopic (exact) mass is 253 g/mol. The summed E-state index contributed by atoms with van der Waals surface area (Å²) in [4.78, 5) is 12.0. The lowest BCUT2D eigenvalue weighted by atomic mass is 10.2. The first-order valence-electron chi connectivity index (χ1n) is 6.65. The fourth-order valence-corrected chi connectivity index (χ4v) is 1.80. The first-order chi connectivity index (χ1) is 8.62. The minimum atomic E-state index is -0.470. The third-order valence-corrected chi connectivity index (χ3v) is 2.85. The predicted octanol–water partition coefficient (Wildman–Crippen LogP) is 1.36. The van der Waals surface area contributed by atoms with Crippen LogP contribution in [0.2, 0.25) is 0 Å². The molecule has 1 heterocycles. The van der Waals surface area contributed by atoms with Crippen molar-refractivity contribution in [1.82, 2.24) is 15.1 Å². The SMILES string of the molecule is CCCC(O)CNC(=O)c1cc(CC)nn1CC. The summed E-state index contributed by atoms with van der Waals surface area (Å²) in [5.41, 5.74) is 1.48. The number of carbonyl (C=O) groups is 1. The quantitative estimate of drug-likeness (QED) is 0.771. The van der Waals surface area contributed by atoms with Gasteiger partial charge in [-0.3, -0.25) is 9.48 Å². The molecule has 0 aliphatic carbocycles. The van der Waals surface area contributed by atoms with Gasteiger partial charge in [0.15, 0.2) is 0 Å². The maximum absolute atomic E-state index is 12.0. The van der Waals surface area contributed by atoms with Gasteiger partial charge in [0, 0.05) is 13.1 Å². The molecular formula is C13H23N3O2. The molecule has 1 atom stereocenters. The van der Waals surface area contributed by atoms with Gasteiger partial charge < -0.3 is 10.4 Å². The topological polar surface area (TPSA) is 67.2 Å². The fourth-order valence-electron chi connectivity index (χ4n) is 1.80. The Bertz CT molecular complexity index is 388. The predicted molar refractivity (Wildman–Crippen MR) is 70.5 cm³/mol. The number of aliphatic hydroxyl groups excluding tert-OH is 1. The normalized spacial score (nSPS) is 12.4. The number of nitrogens with one attached hydrogen (secondary N) is 1. The molecule has 0 spiro atoms. The highest BCUT2D eigenvalue weighted by molar-refractivity contribution is 5.92. The van der Waals surface area contributed by atoms with Crippen LogP contribution in [0.4, 0.5) is 0 Å². The van der Waals surface area contributed by atoms with Crippen molar-refractivity contribution in [3.63, 3.8) is 0 Å². The van der Waals surface area contributed by atoms with Crippen LogP contribution in [0.3, 0.4) is 0 Å². The Kier molecular flexibility index (Phi) is 5.85. The average Bonchev–Trinajstić information content (AvgIpc) is 2.79. The van der Waals surface area contributed by atoms with E-state index in [9.17, 15) is 9.90 Å². The molecule has 0 radical (unpaired) electrons. The van der Waals surface area contributed by atoms with Gasteiger partial charge in [-0.15, -0.1) is 0 Å². The summed E-state index contributed by atoms with van der Waals surface area (Å²) in [6.45, 7) is 6.93. The highest BCUT2D eigenvalue weighted by Crippen LogP contribution is 2.05. The summed E-state index contributed by atoms with van der Waals surface area (Å²) < 4.78 is 1.69. The Labute approximate surface area is 108 Å². The summed E-state index contributed by atoms with van der Waals surface area (Å²) in [5, 5.41) is 16.7. The van der Waals surface area contributed by atoms with Gasteiger partial charge in [-0.2, -0.15) is 5.10 Å². The largest absolute Gasteiger partial charge is 0.391 e. The molecule has 1 aromatic heterocycles. The van der Waals surface area contributed by atoms with E-state index in [1.54, 1.807) is 4.68 Å². The summed E-state index contributed by atoms with van der Waals surface area (Å²) >= 11 is 0. The van der Waals surface area contributed by atoms with Crippen LogP contribution >= 0.6 is 0 Å². The molecule has 0 aliphatic rings. The molecule has 0 saturated carbocycles. The van der Waals surface area contributed by atoms with Gasteiger partial charge in [0.05, 0.1) is 11.8 Å². The van der Waals surface area contributed by atoms with Crippen LogP contribution in [-0.4, -0.2) is 33.4 Å². The second-order valence-electron chi connectivity index (χ2n) is 4.34. The lowest BCUT2D eigenvalue weighted by Crippen LogP contribution is -2.33. The summed E-state index contributed by atoms with van der Waals surface area (Å²) in [6.07, 6.45) is 1.95. The Balaban J connectivity index is 2.63. The van der Waals surface area contributed by atoms with Crippen LogP contribution in [0.25, 0.3) is 0 Å². The highest BCUT2D eigenvalue weighted by atomic mass is 16.3. The van der Waals surface area contributed by atoms with Gasteiger partial charge in [0.1, 0.15) is 5.69 Å². The molecule has 0 bridgehead atoms. The standard InChI is InChI=1S/C13H23N3O2/c1-4-7-11(17)9-14-13(18)12-8-10(5-2)15-16(12)6-3/h8,11,17H,4-7,9H2,1-3H3,(H,14,18). The lowest BCUT2D eigenvalue weighted by Gasteiger charge is -2.11. The molecule has 1 rings (SSSR count). The molecule has 5 heteroatoms. The molecular weight excluding hydrogens is 230 g/mol. The Morgan fingerprint density at radius 2 is 2.22 bits per heavy atom. The number of carbonyl (C=O) groups excluding carboxylic acids is 1. The van der Waals surface area contributed by atoms with E-state index in [0.717, 1.165) is 18.5 Å². The summed E-state index contributed by atoms with van der Waals surface area (Å²) in [6, 6.07) is 1.81. The van der Waals surface area contributed by atoms with Crippen LogP contribution < -0.4 is 5.32 Å². The molecule has 0 aromatic carbocycles. The van der Waals surface area contributed by atoms with Crippen molar-refractivity contribution in [3.8, 4) is 0 Å².